The van der Waals surface area contributed by atoms with Gasteiger partial charge in [0.05, 0.1) is 7.11 Å². The van der Waals surface area contributed by atoms with Gasteiger partial charge in [0.25, 0.3) is 0 Å². The Balaban J connectivity index is 0.00000113. The van der Waals surface area contributed by atoms with E-state index in [1.54, 1.807) is 7.11 Å². The molecule has 0 saturated carbocycles. The molecule has 1 nitrogen and oxygen atoms in total. The van der Waals surface area contributed by atoms with E-state index in [0.29, 0.717) is 0 Å². The Morgan fingerprint density at radius 2 is 1.62 bits per heavy atom. The summed E-state index contributed by atoms with van der Waals surface area (Å²) in [4.78, 5) is 0. The number of allylic oxidation sites excluding steroid dienone is 6. The third-order valence-corrected chi connectivity index (χ3v) is 4.69. The summed E-state index contributed by atoms with van der Waals surface area (Å²) < 4.78 is 5.45. The third-order valence-electron chi connectivity index (χ3n) is 4.69. The van der Waals surface area contributed by atoms with E-state index in [1.165, 1.54) is 39.0 Å². The van der Waals surface area contributed by atoms with Gasteiger partial charge in [-0.1, -0.05) is 44.2 Å². The summed E-state index contributed by atoms with van der Waals surface area (Å²) in [6.07, 6.45) is 7.97. The third kappa shape index (κ3) is 3.79. The number of fused-ring (bicyclic) bond motifs is 3. The zero-order valence-electron chi connectivity index (χ0n) is 14.9. The number of halogens is 2. The van der Waals surface area contributed by atoms with E-state index in [4.69, 9.17) is 4.74 Å². The van der Waals surface area contributed by atoms with Crippen molar-refractivity contribution in [1.29, 1.82) is 0 Å². The van der Waals surface area contributed by atoms with Crippen molar-refractivity contribution in [3.05, 3.63) is 88.5 Å². The van der Waals surface area contributed by atoms with Crippen molar-refractivity contribution in [3.8, 4) is 16.9 Å². The fourth-order valence-corrected chi connectivity index (χ4v) is 3.52. The molecule has 4 heteroatoms. The monoisotopic (exact) mass is 459 g/mol. The minimum atomic E-state index is 0. The van der Waals surface area contributed by atoms with Gasteiger partial charge in [-0.2, -0.15) is 17.7 Å². The first-order valence-corrected chi connectivity index (χ1v) is 7.95. The van der Waals surface area contributed by atoms with Crippen LogP contribution in [0.1, 0.15) is 30.9 Å². The minimum absolute atomic E-state index is 0. The van der Waals surface area contributed by atoms with Crippen LogP contribution in [0.5, 0.6) is 5.75 Å². The molecule has 2 aromatic carbocycles. The van der Waals surface area contributed by atoms with E-state index < -0.39 is 0 Å². The van der Waals surface area contributed by atoms with Crippen LogP contribution >= 0.6 is 0 Å². The first-order chi connectivity index (χ1) is 11.2. The topological polar surface area (TPSA) is 9.23 Å². The Labute approximate surface area is 187 Å². The molecule has 1 unspecified atom stereocenters. The maximum Gasteiger partial charge on any atom is 3.00 e. The van der Waals surface area contributed by atoms with Gasteiger partial charge in [0.15, 0.2) is 0 Å². The van der Waals surface area contributed by atoms with Crippen LogP contribution in [0.4, 0.5) is 0 Å². The zero-order chi connectivity index (χ0) is 16.0. The molecule has 0 amide bonds. The molecular formula is C22H19Cl2OZr. The average molecular weight is 462 g/mol. The van der Waals surface area contributed by atoms with Gasteiger partial charge in [0.2, 0.25) is 0 Å². The molecule has 0 spiro atoms. The molecule has 1 atom stereocenters. The first-order valence-electron chi connectivity index (χ1n) is 7.95. The smallest absolute Gasteiger partial charge is 1.00 e. The number of hydrogen-bond donors (Lipinski definition) is 0. The van der Waals surface area contributed by atoms with Crippen molar-refractivity contribution in [2.75, 3.05) is 7.11 Å². The van der Waals surface area contributed by atoms with Crippen LogP contribution < -0.4 is 29.6 Å². The van der Waals surface area contributed by atoms with Gasteiger partial charge in [-0.25, -0.2) is 0 Å². The second-order valence-corrected chi connectivity index (χ2v) is 6.30. The van der Waals surface area contributed by atoms with Gasteiger partial charge in [0.1, 0.15) is 5.75 Å². The van der Waals surface area contributed by atoms with E-state index in [9.17, 15) is 0 Å². The van der Waals surface area contributed by atoms with Gasteiger partial charge in [-0.3, -0.25) is 0 Å². The Kier molecular flexibility index (Phi) is 8.14. The van der Waals surface area contributed by atoms with E-state index in [2.05, 4.69) is 68.5 Å². The molecule has 2 aromatic rings. The van der Waals surface area contributed by atoms with Crippen molar-refractivity contribution in [2.24, 2.45) is 0 Å². The summed E-state index contributed by atoms with van der Waals surface area (Å²) in [6.45, 7) is 4.27. The second-order valence-electron chi connectivity index (χ2n) is 6.30. The molecule has 0 saturated heterocycles. The summed E-state index contributed by atoms with van der Waals surface area (Å²) in [6, 6.07) is 15.1. The maximum atomic E-state index is 5.45. The van der Waals surface area contributed by atoms with Crippen molar-refractivity contribution < 1.29 is 55.8 Å². The Bertz CT molecular complexity index is 893. The molecule has 0 heterocycles. The van der Waals surface area contributed by atoms with E-state index in [1.807, 2.05) is 6.07 Å². The number of hydrogen-bond acceptors (Lipinski definition) is 1. The average Bonchev–Trinajstić information content (AvgIpc) is 3.16. The number of methoxy groups -OCH3 is 1. The van der Waals surface area contributed by atoms with Gasteiger partial charge in [-0.05, 0) is 34.4 Å². The molecule has 0 N–H and O–H groups in total. The van der Waals surface area contributed by atoms with Gasteiger partial charge in [0, 0.05) is 5.92 Å². The Morgan fingerprint density at radius 1 is 0.923 bits per heavy atom. The molecule has 0 aromatic heterocycles. The van der Waals surface area contributed by atoms with Crippen LogP contribution in [0.25, 0.3) is 11.1 Å². The predicted molar refractivity (Wildman–Crippen MR) is 94.5 cm³/mol. The normalized spacial score (nSPS) is 15.7. The summed E-state index contributed by atoms with van der Waals surface area (Å²) in [7, 11) is 1.72. The Hall–Kier alpha value is -1.08. The molecule has 0 bridgehead atoms. The predicted octanol–water partition coefficient (Wildman–Crippen LogP) is -0.551. The van der Waals surface area contributed by atoms with Crippen molar-refractivity contribution >= 4 is 0 Å². The van der Waals surface area contributed by atoms with E-state index in [-0.39, 0.29) is 56.9 Å². The van der Waals surface area contributed by atoms with Crippen LogP contribution in [0.2, 0.25) is 0 Å². The van der Waals surface area contributed by atoms with E-state index in [0.717, 1.165) is 5.75 Å². The van der Waals surface area contributed by atoms with Crippen molar-refractivity contribution in [2.45, 2.75) is 19.8 Å². The first kappa shape index (κ1) is 23.0. The largest absolute Gasteiger partial charge is 3.00 e. The summed E-state index contributed by atoms with van der Waals surface area (Å²) in [5.74, 6) is 1.15. The fraction of sp³-hybridized carbons (Fsp3) is 0.182. The molecule has 2 aliphatic rings. The summed E-state index contributed by atoms with van der Waals surface area (Å²) >= 11 is 0. The minimum Gasteiger partial charge on any atom is -1.00 e. The van der Waals surface area contributed by atoms with Crippen LogP contribution in [0.3, 0.4) is 0 Å². The van der Waals surface area contributed by atoms with Crippen molar-refractivity contribution in [1.82, 2.24) is 0 Å². The molecule has 26 heavy (non-hydrogen) atoms. The standard InChI is InChI=1S/C22H19O.2ClH.Zr/c1-14(2)15-8-9-16(12-15)22-20-7-5-4-6-18(20)19-11-10-17(23-3)13-21(19)22;;;/h4-11,13,22H,1-3H3;2*1H;/q-1;;;+3/p-2. The molecule has 0 fully saturated rings. The SMILES string of the molecule is COc1ccc2c(c1)C(C1=[C-]C(=C(C)C)C=C1)c1ccccc1-2.[Cl-].[Cl-].[Zr+3]. The molecule has 131 valence electrons. The summed E-state index contributed by atoms with van der Waals surface area (Å²) in [5.41, 5.74) is 9.04. The maximum absolute atomic E-state index is 5.45. The molecular weight excluding hydrogens is 442 g/mol. The van der Waals surface area contributed by atoms with Gasteiger partial charge >= 0.3 is 26.2 Å². The zero-order valence-corrected chi connectivity index (χ0v) is 18.9. The number of ether oxygens (including phenoxy) is 1. The molecule has 1 radical (unpaired) electrons. The van der Waals surface area contributed by atoms with E-state index >= 15 is 0 Å². The van der Waals surface area contributed by atoms with Crippen LogP contribution in [-0.2, 0) is 26.2 Å². The van der Waals surface area contributed by atoms with Gasteiger partial charge < -0.3 is 29.6 Å². The number of rotatable bonds is 2. The van der Waals surface area contributed by atoms with Crippen LogP contribution in [0.15, 0.2) is 71.3 Å². The molecule has 2 aliphatic carbocycles. The summed E-state index contributed by atoms with van der Waals surface area (Å²) in [5, 5.41) is 0. The number of benzene rings is 2. The molecule has 4 rings (SSSR count). The second kappa shape index (κ2) is 9.22. The van der Waals surface area contributed by atoms with Crippen LogP contribution in [0, 0.1) is 6.08 Å². The molecule has 0 aliphatic heterocycles. The quantitative estimate of drug-likeness (QED) is 0.546. The van der Waals surface area contributed by atoms with Crippen molar-refractivity contribution in [3.63, 3.8) is 0 Å². The van der Waals surface area contributed by atoms with Crippen LogP contribution in [-0.4, -0.2) is 7.11 Å². The Morgan fingerprint density at radius 3 is 2.27 bits per heavy atom. The fourth-order valence-electron chi connectivity index (χ4n) is 3.52. The van der Waals surface area contributed by atoms with Gasteiger partial charge in [-0.15, -0.1) is 17.2 Å².